The van der Waals surface area contributed by atoms with Gasteiger partial charge in [0.15, 0.2) is 5.82 Å². The molecule has 2 N–H and O–H groups in total. The summed E-state index contributed by atoms with van der Waals surface area (Å²) in [4.78, 5) is 6.51. The molecule has 1 aromatic carbocycles. The van der Waals surface area contributed by atoms with E-state index >= 15 is 0 Å². The molecule has 4 heteroatoms. The minimum absolute atomic E-state index is 0.261. The number of anilines is 2. The van der Waals surface area contributed by atoms with E-state index in [0.29, 0.717) is 22.8 Å². The second-order valence-electron chi connectivity index (χ2n) is 5.59. The predicted octanol–water partition coefficient (Wildman–Crippen LogP) is 3.58. The van der Waals surface area contributed by atoms with Crippen LogP contribution in [0.25, 0.3) is 10.9 Å². The van der Waals surface area contributed by atoms with Crippen molar-refractivity contribution in [1.29, 1.82) is 0 Å². The van der Waals surface area contributed by atoms with Crippen LogP contribution in [-0.2, 0) is 0 Å². The number of nitrogen functional groups attached to an aromatic ring is 1. The lowest BCUT2D eigenvalue weighted by molar-refractivity contribution is 0.611. The molecule has 0 unspecified atom stereocenters. The molecule has 1 fully saturated rings. The van der Waals surface area contributed by atoms with E-state index in [1.165, 1.54) is 18.9 Å². The molecule has 2 aromatic rings. The summed E-state index contributed by atoms with van der Waals surface area (Å²) in [5, 5.41) is 0.834. The van der Waals surface area contributed by atoms with E-state index in [2.05, 4.69) is 16.8 Å². The summed E-state index contributed by atoms with van der Waals surface area (Å²) in [6.07, 6.45) is 5.20. The molecule has 20 heavy (non-hydrogen) atoms. The summed E-state index contributed by atoms with van der Waals surface area (Å²) in [7, 11) is 0. The molecule has 0 atom stereocenters. The van der Waals surface area contributed by atoms with Gasteiger partial charge >= 0.3 is 0 Å². The maximum absolute atomic E-state index is 14.5. The van der Waals surface area contributed by atoms with E-state index < -0.39 is 0 Å². The number of hydrogen-bond donors (Lipinski definition) is 1. The summed E-state index contributed by atoms with van der Waals surface area (Å²) in [6, 6.07) is 5.17. The van der Waals surface area contributed by atoms with Crippen LogP contribution in [0.15, 0.2) is 24.4 Å². The Morgan fingerprint density at radius 3 is 2.95 bits per heavy atom. The summed E-state index contributed by atoms with van der Waals surface area (Å²) in [6.45, 7) is 3.88. The van der Waals surface area contributed by atoms with Gasteiger partial charge < -0.3 is 10.6 Å². The van der Waals surface area contributed by atoms with Crippen LogP contribution in [0, 0.1) is 11.7 Å². The molecule has 0 aliphatic heterocycles. The third-order valence-corrected chi connectivity index (χ3v) is 3.84. The van der Waals surface area contributed by atoms with Gasteiger partial charge in [-0.15, -0.1) is 0 Å². The standard InChI is InChI=1S/C16H20FN3/c1-2-8-20(10-11-5-6-11)16-13(17)9-14(18)12-4-3-7-19-15(12)16/h3-4,7,9,11H,2,5-6,8,10,18H2,1H3. The first-order chi connectivity index (χ1) is 9.70. The quantitative estimate of drug-likeness (QED) is 0.847. The normalized spacial score (nSPS) is 14.7. The zero-order valence-corrected chi connectivity index (χ0v) is 11.8. The Morgan fingerprint density at radius 1 is 1.45 bits per heavy atom. The van der Waals surface area contributed by atoms with Gasteiger partial charge in [-0.1, -0.05) is 6.92 Å². The highest BCUT2D eigenvalue weighted by Crippen LogP contribution is 2.36. The molecule has 1 heterocycles. The van der Waals surface area contributed by atoms with Crippen LogP contribution in [0.4, 0.5) is 15.8 Å². The number of rotatable bonds is 5. The van der Waals surface area contributed by atoms with Crippen molar-refractivity contribution in [3.63, 3.8) is 0 Å². The molecule has 1 aliphatic rings. The number of nitrogens with zero attached hydrogens (tertiary/aromatic N) is 2. The first-order valence-electron chi connectivity index (χ1n) is 7.28. The zero-order valence-electron chi connectivity index (χ0n) is 11.8. The van der Waals surface area contributed by atoms with Crippen molar-refractivity contribution in [2.24, 2.45) is 5.92 Å². The topological polar surface area (TPSA) is 42.1 Å². The van der Waals surface area contributed by atoms with Crippen molar-refractivity contribution >= 4 is 22.3 Å². The van der Waals surface area contributed by atoms with E-state index in [1.807, 2.05) is 12.1 Å². The lowest BCUT2D eigenvalue weighted by atomic mass is 10.1. The molecule has 3 rings (SSSR count). The van der Waals surface area contributed by atoms with Gasteiger partial charge in [0.2, 0.25) is 0 Å². The number of hydrogen-bond acceptors (Lipinski definition) is 3. The minimum Gasteiger partial charge on any atom is -0.398 e. The highest BCUT2D eigenvalue weighted by molar-refractivity contribution is 5.98. The monoisotopic (exact) mass is 273 g/mol. The summed E-state index contributed by atoms with van der Waals surface area (Å²) in [5.41, 5.74) is 7.66. The van der Waals surface area contributed by atoms with Crippen LogP contribution in [0.1, 0.15) is 26.2 Å². The van der Waals surface area contributed by atoms with Gasteiger partial charge in [-0.25, -0.2) is 4.39 Å². The fourth-order valence-electron chi connectivity index (χ4n) is 2.70. The summed E-state index contributed by atoms with van der Waals surface area (Å²) < 4.78 is 14.5. The van der Waals surface area contributed by atoms with Crippen molar-refractivity contribution in [3.8, 4) is 0 Å². The van der Waals surface area contributed by atoms with E-state index in [1.54, 1.807) is 6.20 Å². The van der Waals surface area contributed by atoms with Gasteiger partial charge in [-0.3, -0.25) is 4.98 Å². The molecular weight excluding hydrogens is 253 g/mol. The maximum Gasteiger partial charge on any atom is 0.150 e. The largest absolute Gasteiger partial charge is 0.398 e. The van der Waals surface area contributed by atoms with Gasteiger partial charge in [0.1, 0.15) is 0 Å². The lowest BCUT2D eigenvalue weighted by Crippen LogP contribution is -2.28. The van der Waals surface area contributed by atoms with Gasteiger partial charge in [0, 0.05) is 30.4 Å². The van der Waals surface area contributed by atoms with Crippen molar-refractivity contribution in [2.75, 3.05) is 23.7 Å². The molecule has 1 saturated carbocycles. The fraction of sp³-hybridized carbons (Fsp3) is 0.438. The molecular formula is C16H20FN3. The number of nitrogens with two attached hydrogens (primary N) is 1. The highest BCUT2D eigenvalue weighted by Gasteiger charge is 2.26. The Kier molecular flexibility index (Phi) is 3.47. The van der Waals surface area contributed by atoms with Gasteiger partial charge in [0.25, 0.3) is 0 Å². The molecule has 0 radical (unpaired) electrons. The second kappa shape index (κ2) is 5.27. The van der Waals surface area contributed by atoms with Gasteiger partial charge in [-0.2, -0.15) is 0 Å². The molecule has 1 aromatic heterocycles. The van der Waals surface area contributed by atoms with Gasteiger partial charge in [0.05, 0.1) is 11.2 Å². The summed E-state index contributed by atoms with van der Waals surface area (Å²) in [5.74, 6) is 0.445. The zero-order chi connectivity index (χ0) is 14.1. The summed E-state index contributed by atoms with van der Waals surface area (Å²) >= 11 is 0. The number of halogens is 1. The third-order valence-electron chi connectivity index (χ3n) is 3.84. The fourth-order valence-corrected chi connectivity index (χ4v) is 2.70. The Labute approximate surface area is 118 Å². The van der Waals surface area contributed by atoms with Crippen molar-refractivity contribution in [1.82, 2.24) is 4.98 Å². The Morgan fingerprint density at radius 2 is 2.25 bits per heavy atom. The van der Waals surface area contributed by atoms with Crippen molar-refractivity contribution < 1.29 is 4.39 Å². The van der Waals surface area contributed by atoms with Crippen molar-refractivity contribution in [3.05, 3.63) is 30.2 Å². The SMILES string of the molecule is CCCN(CC1CC1)c1c(F)cc(N)c2cccnc12. The molecule has 0 spiro atoms. The first kappa shape index (κ1) is 13.2. The number of pyridine rings is 1. The van der Waals surface area contributed by atoms with Gasteiger partial charge in [-0.05, 0) is 43.4 Å². The molecule has 3 nitrogen and oxygen atoms in total. The third kappa shape index (κ3) is 2.42. The molecule has 0 amide bonds. The number of aromatic nitrogens is 1. The maximum atomic E-state index is 14.5. The number of fused-ring (bicyclic) bond motifs is 1. The van der Waals surface area contributed by atoms with E-state index in [4.69, 9.17) is 5.73 Å². The lowest BCUT2D eigenvalue weighted by Gasteiger charge is -2.26. The minimum atomic E-state index is -0.261. The first-order valence-corrected chi connectivity index (χ1v) is 7.28. The highest BCUT2D eigenvalue weighted by atomic mass is 19.1. The number of benzene rings is 1. The Hall–Kier alpha value is -1.84. The van der Waals surface area contributed by atoms with E-state index in [-0.39, 0.29) is 5.82 Å². The Bertz CT molecular complexity index is 622. The van der Waals surface area contributed by atoms with Crippen LogP contribution in [0.2, 0.25) is 0 Å². The van der Waals surface area contributed by atoms with Crippen LogP contribution >= 0.6 is 0 Å². The smallest absolute Gasteiger partial charge is 0.150 e. The van der Waals surface area contributed by atoms with Crippen molar-refractivity contribution in [2.45, 2.75) is 26.2 Å². The second-order valence-corrected chi connectivity index (χ2v) is 5.59. The van der Waals surface area contributed by atoms with E-state index in [9.17, 15) is 4.39 Å². The molecule has 106 valence electrons. The van der Waals surface area contributed by atoms with Crippen LogP contribution < -0.4 is 10.6 Å². The average Bonchev–Trinajstić information content (AvgIpc) is 3.23. The van der Waals surface area contributed by atoms with Crippen LogP contribution in [0.5, 0.6) is 0 Å². The average molecular weight is 273 g/mol. The predicted molar refractivity (Wildman–Crippen MR) is 81.3 cm³/mol. The molecule has 0 saturated heterocycles. The van der Waals surface area contributed by atoms with Crippen LogP contribution in [0.3, 0.4) is 0 Å². The molecule has 0 bridgehead atoms. The van der Waals surface area contributed by atoms with E-state index in [0.717, 1.165) is 24.9 Å². The van der Waals surface area contributed by atoms with Crippen LogP contribution in [-0.4, -0.2) is 18.1 Å². The molecule has 1 aliphatic carbocycles. The Balaban J connectivity index is 2.11.